The molecule has 0 saturated carbocycles. The minimum absolute atomic E-state index is 0.210. The fourth-order valence-electron chi connectivity index (χ4n) is 2.08. The van der Waals surface area contributed by atoms with Crippen molar-refractivity contribution in [3.8, 4) is 0 Å². The summed E-state index contributed by atoms with van der Waals surface area (Å²) in [5.74, 6) is 0.210. The predicted molar refractivity (Wildman–Crippen MR) is 71.0 cm³/mol. The summed E-state index contributed by atoms with van der Waals surface area (Å²) < 4.78 is 0. The second-order valence-corrected chi connectivity index (χ2v) is 4.81. The summed E-state index contributed by atoms with van der Waals surface area (Å²) in [5.41, 5.74) is 0. The number of carbonyl (C=O) groups is 1. The molecule has 4 heteroatoms. The Hall–Kier alpha value is -0.870. The Bertz CT molecular complexity index is 245. The Morgan fingerprint density at radius 3 is 2.88 bits per heavy atom. The standard InChI is InChI=1S/C13H25N3O/c1-4-8-16(12(2)3)13(17)11-15-9-5-6-14-7-10-15/h4,12,14H,1,5-11H2,2-3H3. The van der Waals surface area contributed by atoms with Gasteiger partial charge >= 0.3 is 0 Å². The zero-order valence-electron chi connectivity index (χ0n) is 11.1. The highest BCUT2D eigenvalue weighted by atomic mass is 16.2. The first kappa shape index (κ1) is 14.2. The molecule has 0 spiro atoms. The molecule has 0 aromatic rings. The van der Waals surface area contributed by atoms with Crippen molar-refractivity contribution in [3.05, 3.63) is 12.7 Å². The van der Waals surface area contributed by atoms with E-state index in [1.807, 2.05) is 18.7 Å². The van der Waals surface area contributed by atoms with Gasteiger partial charge in [-0.3, -0.25) is 9.69 Å². The van der Waals surface area contributed by atoms with Gasteiger partial charge in [0.25, 0.3) is 0 Å². The van der Waals surface area contributed by atoms with Crippen LogP contribution in [0.2, 0.25) is 0 Å². The molecule has 98 valence electrons. The second kappa shape index (κ2) is 7.45. The van der Waals surface area contributed by atoms with Gasteiger partial charge in [0, 0.05) is 25.7 Å². The fraction of sp³-hybridized carbons (Fsp3) is 0.769. The first-order valence-corrected chi connectivity index (χ1v) is 6.48. The third-order valence-electron chi connectivity index (χ3n) is 3.06. The van der Waals surface area contributed by atoms with E-state index in [4.69, 9.17) is 0 Å². The van der Waals surface area contributed by atoms with E-state index in [-0.39, 0.29) is 11.9 Å². The van der Waals surface area contributed by atoms with Crippen molar-refractivity contribution in [2.45, 2.75) is 26.3 Å². The molecule has 17 heavy (non-hydrogen) atoms. The summed E-state index contributed by atoms with van der Waals surface area (Å²) in [6.07, 6.45) is 2.91. The predicted octanol–water partition coefficient (Wildman–Crippen LogP) is 0.705. The molecule has 0 aromatic carbocycles. The van der Waals surface area contributed by atoms with E-state index in [2.05, 4.69) is 16.8 Å². The fourth-order valence-corrected chi connectivity index (χ4v) is 2.08. The van der Waals surface area contributed by atoms with Crippen LogP contribution in [0.15, 0.2) is 12.7 Å². The van der Waals surface area contributed by atoms with E-state index in [0.717, 1.165) is 32.6 Å². The molecule has 1 heterocycles. The van der Waals surface area contributed by atoms with Crippen LogP contribution in [0.25, 0.3) is 0 Å². The van der Waals surface area contributed by atoms with E-state index in [9.17, 15) is 4.79 Å². The van der Waals surface area contributed by atoms with Crippen LogP contribution >= 0.6 is 0 Å². The molecular formula is C13H25N3O. The van der Waals surface area contributed by atoms with Gasteiger partial charge in [-0.2, -0.15) is 0 Å². The van der Waals surface area contributed by atoms with E-state index in [1.54, 1.807) is 6.08 Å². The van der Waals surface area contributed by atoms with Gasteiger partial charge < -0.3 is 10.2 Å². The summed E-state index contributed by atoms with van der Waals surface area (Å²) in [6, 6.07) is 0.241. The van der Waals surface area contributed by atoms with Crippen molar-refractivity contribution < 1.29 is 4.79 Å². The van der Waals surface area contributed by atoms with E-state index >= 15 is 0 Å². The molecule has 0 unspecified atom stereocenters. The van der Waals surface area contributed by atoms with Crippen LogP contribution < -0.4 is 5.32 Å². The van der Waals surface area contributed by atoms with Gasteiger partial charge in [0.05, 0.1) is 6.54 Å². The normalized spacial score (nSPS) is 17.8. The van der Waals surface area contributed by atoms with Crippen molar-refractivity contribution in [2.24, 2.45) is 0 Å². The minimum Gasteiger partial charge on any atom is -0.335 e. The first-order valence-electron chi connectivity index (χ1n) is 6.48. The van der Waals surface area contributed by atoms with Crippen LogP contribution in [0.4, 0.5) is 0 Å². The molecule has 0 radical (unpaired) electrons. The van der Waals surface area contributed by atoms with Gasteiger partial charge in [0.2, 0.25) is 5.91 Å². The largest absolute Gasteiger partial charge is 0.335 e. The lowest BCUT2D eigenvalue weighted by Gasteiger charge is -2.28. The lowest BCUT2D eigenvalue weighted by Crippen LogP contribution is -2.44. The van der Waals surface area contributed by atoms with Crippen molar-refractivity contribution in [2.75, 3.05) is 39.3 Å². The molecule has 1 aliphatic heterocycles. The van der Waals surface area contributed by atoms with Gasteiger partial charge in [0.15, 0.2) is 0 Å². The topological polar surface area (TPSA) is 35.6 Å². The van der Waals surface area contributed by atoms with Gasteiger partial charge in [-0.15, -0.1) is 6.58 Å². The van der Waals surface area contributed by atoms with Crippen molar-refractivity contribution in [1.29, 1.82) is 0 Å². The molecule has 0 atom stereocenters. The summed E-state index contributed by atoms with van der Waals surface area (Å²) in [4.78, 5) is 16.3. The highest BCUT2D eigenvalue weighted by Gasteiger charge is 2.19. The molecule has 0 bridgehead atoms. The molecule has 1 amide bonds. The molecule has 1 fully saturated rings. The number of hydrogen-bond donors (Lipinski definition) is 1. The zero-order valence-corrected chi connectivity index (χ0v) is 11.1. The maximum atomic E-state index is 12.2. The van der Waals surface area contributed by atoms with E-state index in [0.29, 0.717) is 13.1 Å². The zero-order chi connectivity index (χ0) is 12.7. The number of carbonyl (C=O) groups excluding carboxylic acids is 1. The summed E-state index contributed by atoms with van der Waals surface area (Å²) in [7, 11) is 0. The smallest absolute Gasteiger partial charge is 0.237 e. The quantitative estimate of drug-likeness (QED) is 0.718. The maximum absolute atomic E-state index is 12.2. The summed E-state index contributed by atoms with van der Waals surface area (Å²) >= 11 is 0. The number of nitrogens with one attached hydrogen (secondary N) is 1. The molecular weight excluding hydrogens is 214 g/mol. The second-order valence-electron chi connectivity index (χ2n) is 4.81. The molecule has 1 aliphatic rings. The minimum atomic E-state index is 0.210. The lowest BCUT2D eigenvalue weighted by molar-refractivity contribution is -0.133. The monoisotopic (exact) mass is 239 g/mol. The molecule has 0 aliphatic carbocycles. The van der Waals surface area contributed by atoms with Gasteiger partial charge in [-0.25, -0.2) is 0 Å². The van der Waals surface area contributed by atoms with E-state index < -0.39 is 0 Å². The number of hydrogen-bond acceptors (Lipinski definition) is 3. The van der Waals surface area contributed by atoms with Crippen molar-refractivity contribution in [3.63, 3.8) is 0 Å². The Kier molecular flexibility index (Phi) is 6.22. The van der Waals surface area contributed by atoms with Crippen LogP contribution in [0.3, 0.4) is 0 Å². The lowest BCUT2D eigenvalue weighted by atomic mass is 10.3. The highest BCUT2D eigenvalue weighted by Crippen LogP contribution is 2.02. The summed E-state index contributed by atoms with van der Waals surface area (Å²) in [6.45, 7) is 13.0. The van der Waals surface area contributed by atoms with Crippen LogP contribution in [0.5, 0.6) is 0 Å². The van der Waals surface area contributed by atoms with Crippen molar-refractivity contribution in [1.82, 2.24) is 15.1 Å². The van der Waals surface area contributed by atoms with Crippen LogP contribution in [-0.4, -0.2) is 61.0 Å². The Labute approximate surface area is 105 Å². The average molecular weight is 239 g/mol. The average Bonchev–Trinajstić information content (AvgIpc) is 2.53. The summed E-state index contributed by atoms with van der Waals surface area (Å²) in [5, 5.41) is 3.34. The molecule has 1 N–H and O–H groups in total. The maximum Gasteiger partial charge on any atom is 0.237 e. The van der Waals surface area contributed by atoms with Gasteiger partial charge in [-0.05, 0) is 33.4 Å². The van der Waals surface area contributed by atoms with Crippen molar-refractivity contribution >= 4 is 5.91 Å². The van der Waals surface area contributed by atoms with E-state index in [1.165, 1.54) is 0 Å². The third kappa shape index (κ3) is 4.88. The van der Waals surface area contributed by atoms with Crippen LogP contribution in [-0.2, 0) is 4.79 Å². The van der Waals surface area contributed by atoms with Gasteiger partial charge in [-0.1, -0.05) is 6.08 Å². The molecule has 0 aromatic heterocycles. The van der Waals surface area contributed by atoms with Crippen LogP contribution in [0.1, 0.15) is 20.3 Å². The van der Waals surface area contributed by atoms with Gasteiger partial charge in [0.1, 0.15) is 0 Å². The third-order valence-corrected chi connectivity index (χ3v) is 3.06. The first-order chi connectivity index (χ1) is 8.15. The van der Waals surface area contributed by atoms with Crippen LogP contribution in [0, 0.1) is 0 Å². The molecule has 1 saturated heterocycles. The number of nitrogens with zero attached hydrogens (tertiary/aromatic N) is 2. The highest BCUT2D eigenvalue weighted by molar-refractivity contribution is 5.78. The number of amides is 1. The SMILES string of the molecule is C=CCN(C(=O)CN1CCCNCC1)C(C)C. The Morgan fingerprint density at radius 1 is 1.47 bits per heavy atom. The molecule has 4 nitrogen and oxygen atoms in total. The Balaban J connectivity index is 2.46. The molecule has 1 rings (SSSR count). The number of rotatable bonds is 5. The Morgan fingerprint density at radius 2 is 2.24 bits per heavy atom.